The zero-order valence-electron chi connectivity index (χ0n) is 40.4. The highest BCUT2D eigenvalue weighted by molar-refractivity contribution is 14.1. The van der Waals surface area contributed by atoms with E-state index in [1.54, 1.807) is 0 Å². The first-order chi connectivity index (χ1) is 27.0. The maximum absolute atomic E-state index is 11.3. The molecule has 0 spiro atoms. The van der Waals surface area contributed by atoms with E-state index in [1.165, 1.54) is 173 Å². The molecule has 0 heterocycles. The minimum Gasteiger partial charge on any atom is -0.393 e. The lowest BCUT2D eigenvalue weighted by atomic mass is 9.66. The lowest BCUT2D eigenvalue weighted by Crippen LogP contribution is -2.30. The third-order valence-electron chi connectivity index (χ3n) is 17.4. The van der Waals surface area contributed by atoms with Crippen LogP contribution in [0.15, 0.2) is 0 Å². The first-order valence-corrected chi connectivity index (χ1v) is 27.6. The maximum Gasteiger partial charge on any atom is 0.0565 e. The molecule has 4 aliphatic rings. The number of alkyl halides is 1. The van der Waals surface area contributed by atoms with E-state index in [2.05, 4.69) is 91.8 Å². The van der Waals surface area contributed by atoms with Crippen molar-refractivity contribution in [1.29, 1.82) is 0 Å². The van der Waals surface area contributed by atoms with Crippen LogP contribution in [0.2, 0.25) is 0 Å². The summed E-state index contributed by atoms with van der Waals surface area (Å²) >= 11 is 2.69. The fraction of sp³-hybridized carbons (Fsp3) is 1.00. The fourth-order valence-electron chi connectivity index (χ4n) is 13.7. The average molecular weight is 907 g/mol. The summed E-state index contributed by atoms with van der Waals surface area (Å²) in [5, 5.41) is 11.3. The highest BCUT2D eigenvalue weighted by Gasteiger charge is 2.34. The largest absolute Gasteiger partial charge is 0.393 e. The van der Waals surface area contributed by atoms with Gasteiger partial charge in [-0.15, -0.1) is 0 Å². The number of halogens is 1. The summed E-state index contributed by atoms with van der Waals surface area (Å²) in [5.41, 5.74) is 0.459. The third kappa shape index (κ3) is 19.7. The van der Waals surface area contributed by atoms with Crippen LogP contribution in [-0.2, 0) is 0 Å². The highest BCUT2D eigenvalue weighted by Crippen LogP contribution is 2.45. The van der Waals surface area contributed by atoms with Crippen molar-refractivity contribution in [3.63, 3.8) is 0 Å². The lowest BCUT2D eigenvalue weighted by Gasteiger charge is -2.40. The molecule has 0 radical (unpaired) electrons. The summed E-state index contributed by atoms with van der Waals surface area (Å²) in [4.78, 5) is 0. The van der Waals surface area contributed by atoms with Crippen LogP contribution < -0.4 is 0 Å². The molecule has 0 amide bonds. The SMILES string of the molecule is CC(CCC1CCC(I)CC1)CC(CCC(C)(C)C)C[C@H](C)CC1CCC(CCC(CCCC(O)[C@H](C)CC2CCC(C3CC(C)C[C@H](C)C3)CC2)C(C)C)CC1. The Balaban J connectivity index is 1.09. The Morgan fingerprint density at radius 2 is 1.09 bits per heavy atom. The number of rotatable bonds is 23. The molecule has 1 N–H and O–H groups in total. The quantitative estimate of drug-likeness (QED) is 0.0800. The molecule has 0 aliphatic heterocycles. The van der Waals surface area contributed by atoms with E-state index in [4.69, 9.17) is 0 Å². The van der Waals surface area contributed by atoms with E-state index in [1.807, 2.05) is 0 Å². The Morgan fingerprint density at radius 1 is 0.561 bits per heavy atom. The van der Waals surface area contributed by atoms with Gasteiger partial charge < -0.3 is 5.11 Å². The topological polar surface area (TPSA) is 20.2 Å². The first kappa shape index (κ1) is 50.3. The Labute approximate surface area is 372 Å². The van der Waals surface area contributed by atoms with Gasteiger partial charge in [-0.05, 0) is 197 Å². The first-order valence-electron chi connectivity index (χ1n) is 26.3. The van der Waals surface area contributed by atoms with Crippen LogP contribution in [0.25, 0.3) is 0 Å². The lowest BCUT2D eigenvalue weighted by molar-refractivity contribution is 0.0716. The molecular weight excluding hydrogens is 804 g/mol. The van der Waals surface area contributed by atoms with Gasteiger partial charge in [0.15, 0.2) is 0 Å². The van der Waals surface area contributed by atoms with E-state index < -0.39 is 0 Å². The molecule has 2 heteroatoms. The van der Waals surface area contributed by atoms with E-state index in [9.17, 15) is 5.11 Å². The molecular formula is C55H103IO. The van der Waals surface area contributed by atoms with Crippen molar-refractivity contribution in [1.82, 2.24) is 0 Å². The van der Waals surface area contributed by atoms with Crippen LogP contribution in [0.4, 0.5) is 0 Å². The van der Waals surface area contributed by atoms with Crippen molar-refractivity contribution < 1.29 is 5.11 Å². The zero-order valence-corrected chi connectivity index (χ0v) is 42.5. The summed E-state index contributed by atoms with van der Waals surface area (Å²) in [7, 11) is 0. The number of hydrogen-bond donors (Lipinski definition) is 1. The van der Waals surface area contributed by atoms with Crippen LogP contribution in [-0.4, -0.2) is 15.1 Å². The van der Waals surface area contributed by atoms with Crippen LogP contribution in [0.1, 0.15) is 249 Å². The maximum atomic E-state index is 11.3. The second-order valence-corrected chi connectivity index (χ2v) is 26.5. The van der Waals surface area contributed by atoms with E-state index in [0.717, 1.165) is 87.3 Å². The second-order valence-electron chi connectivity index (χ2n) is 24.7. The molecule has 4 rings (SSSR count). The Bertz CT molecular complexity index is 1010. The smallest absolute Gasteiger partial charge is 0.0565 e. The third-order valence-corrected chi connectivity index (χ3v) is 18.7. The van der Waals surface area contributed by atoms with Crippen molar-refractivity contribution in [3.8, 4) is 0 Å². The highest BCUT2D eigenvalue weighted by atomic mass is 127. The van der Waals surface area contributed by atoms with Crippen LogP contribution in [0, 0.1) is 88.3 Å². The van der Waals surface area contributed by atoms with Gasteiger partial charge in [0.2, 0.25) is 0 Å². The molecule has 4 saturated carbocycles. The van der Waals surface area contributed by atoms with Gasteiger partial charge in [0.25, 0.3) is 0 Å². The Morgan fingerprint density at radius 3 is 1.68 bits per heavy atom. The summed E-state index contributed by atoms with van der Waals surface area (Å²) < 4.78 is 0.950. The molecule has 6 unspecified atom stereocenters. The summed E-state index contributed by atoms with van der Waals surface area (Å²) in [6, 6.07) is 0. The molecule has 4 fully saturated rings. The molecule has 0 saturated heterocycles. The van der Waals surface area contributed by atoms with E-state index >= 15 is 0 Å². The van der Waals surface area contributed by atoms with Gasteiger partial charge in [0.05, 0.1) is 6.10 Å². The van der Waals surface area contributed by atoms with Gasteiger partial charge in [-0.3, -0.25) is 0 Å². The molecule has 4 aliphatic carbocycles. The van der Waals surface area contributed by atoms with Crippen molar-refractivity contribution in [2.75, 3.05) is 0 Å². The van der Waals surface area contributed by atoms with E-state index in [-0.39, 0.29) is 6.10 Å². The van der Waals surface area contributed by atoms with E-state index in [0.29, 0.717) is 11.3 Å². The molecule has 0 bridgehead atoms. The van der Waals surface area contributed by atoms with Gasteiger partial charge >= 0.3 is 0 Å². The van der Waals surface area contributed by atoms with Gasteiger partial charge in [0.1, 0.15) is 0 Å². The normalized spacial score (nSPS) is 33.7. The van der Waals surface area contributed by atoms with Crippen LogP contribution in [0.5, 0.6) is 0 Å². The van der Waals surface area contributed by atoms with Crippen molar-refractivity contribution >= 4 is 22.6 Å². The van der Waals surface area contributed by atoms with Gasteiger partial charge in [0, 0.05) is 3.92 Å². The Hall–Kier alpha value is 0.690. The summed E-state index contributed by atoms with van der Waals surface area (Å²) in [6.45, 7) is 24.9. The standard InChI is InChI=1S/C55H103IO/c1-39(2)50(12-11-13-54(57)44(7)38-48-21-26-51(27-22-48)52-36-41(4)32-42(5)37-52)25-20-46-16-18-47(19-17-46)34-43(6)35-49(30-31-55(8,9)10)33-40(3)14-15-45-23-28-53(56)29-24-45/h39-54,57H,11-38H2,1-10H3/t40?,41-,42?,43+,44+,45?,46?,47?,48?,49?,50?,51?,52?,53?,54?/m0/s1. The van der Waals surface area contributed by atoms with Crippen molar-refractivity contribution in [3.05, 3.63) is 0 Å². The van der Waals surface area contributed by atoms with Crippen LogP contribution >= 0.6 is 22.6 Å². The molecule has 0 aromatic heterocycles. The molecule has 0 aromatic carbocycles. The van der Waals surface area contributed by atoms with Gasteiger partial charge in [-0.25, -0.2) is 0 Å². The number of hydrogen-bond acceptors (Lipinski definition) is 1. The van der Waals surface area contributed by atoms with Gasteiger partial charge in [-0.1, -0.05) is 162 Å². The predicted octanol–water partition coefficient (Wildman–Crippen LogP) is 17.9. The van der Waals surface area contributed by atoms with Crippen molar-refractivity contribution in [2.24, 2.45) is 88.3 Å². The second kappa shape index (κ2) is 25.7. The predicted molar refractivity (Wildman–Crippen MR) is 261 cm³/mol. The minimum absolute atomic E-state index is 0.0967. The number of aliphatic hydroxyl groups excluding tert-OH is 1. The Kier molecular flexibility index (Phi) is 22.7. The zero-order chi connectivity index (χ0) is 41.5. The van der Waals surface area contributed by atoms with Crippen molar-refractivity contribution in [2.45, 2.75) is 259 Å². The molecule has 57 heavy (non-hydrogen) atoms. The number of aliphatic hydroxyl groups is 1. The minimum atomic E-state index is -0.0967. The fourth-order valence-corrected chi connectivity index (χ4v) is 14.4. The average Bonchev–Trinajstić information content (AvgIpc) is 3.15. The molecule has 9 atom stereocenters. The molecule has 336 valence electrons. The molecule has 0 aromatic rings. The molecule has 1 nitrogen and oxygen atoms in total. The summed E-state index contributed by atoms with van der Waals surface area (Å²) in [5.74, 6) is 12.5. The van der Waals surface area contributed by atoms with Gasteiger partial charge in [-0.2, -0.15) is 0 Å². The monoisotopic (exact) mass is 907 g/mol. The van der Waals surface area contributed by atoms with Crippen LogP contribution in [0.3, 0.4) is 0 Å². The summed E-state index contributed by atoms with van der Waals surface area (Å²) in [6.07, 6.45) is 40.0.